The molecule has 120 valence electrons. The summed E-state index contributed by atoms with van der Waals surface area (Å²) >= 11 is 0. The van der Waals surface area contributed by atoms with Crippen LogP contribution in [0.25, 0.3) is 0 Å². The Morgan fingerprint density at radius 1 is 1.29 bits per heavy atom. The number of nitrogens with one attached hydrogen (secondary N) is 2. The summed E-state index contributed by atoms with van der Waals surface area (Å²) in [6.07, 6.45) is 2.29. The largest absolute Gasteiger partial charge is 0.460 e. The first-order valence-electron chi connectivity index (χ1n) is 7.11. The first-order chi connectivity index (χ1) is 9.80. The van der Waals surface area contributed by atoms with Gasteiger partial charge in [0.2, 0.25) is 12.3 Å². The van der Waals surface area contributed by atoms with Crippen LogP contribution in [0.1, 0.15) is 46.5 Å². The quantitative estimate of drug-likeness (QED) is 0.427. The van der Waals surface area contributed by atoms with Gasteiger partial charge in [-0.15, -0.1) is 0 Å². The molecular weight excluding hydrogens is 276 g/mol. The molecule has 0 saturated carbocycles. The number of hydrazine groups is 1. The van der Waals surface area contributed by atoms with Crippen molar-refractivity contribution in [1.29, 1.82) is 0 Å². The molecule has 0 aromatic heterocycles. The van der Waals surface area contributed by atoms with Crippen molar-refractivity contribution >= 4 is 18.3 Å². The van der Waals surface area contributed by atoms with Crippen LogP contribution in [0, 0.1) is 5.92 Å². The third kappa shape index (κ3) is 7.65. The Morgan fingerprint density at radius 2 is 2.00 bits per heavy atom. The SMILES string of the molecule is CC(C)(C)OC(=O)C[C@@H]1CC[C@@H](CC(=O)NNC=O)OC1. The van der Waals surface area contributed by atoms with Crippen LogP contribution in [-0.4, -0.2) is 36.6 Å². The lowest BCUT2D eigenvalue weighted by Crippen LogP contribution is -2.39. The number of hydrogen-bond acceptors (Lipinski definition) is 5. The molecule has 1 saturated heterocycles. The predicted octanol–water partition coefficient (Wildman–Crippen LogP) is 0.681. The Hall–Kier alpha value is -1.63. The Balaban J connectivity index is 2.24. The monoisotopic (exact) mass is 300 g/mol. The summed E-state index contributed by atoms with van der Waals surface area (Å²) in [6.45, 7) is 5.96. The van der Waals surface area contributed by atoms with Crippen LogP contribution in [0.15, 0.2) is 0 Å². The highest BCUT2D eigenvalue weighted by Crippen LogP contribution is 2.24. The minimum atomic E-state index is -0.473. The van der Waals surface area contributed by atoms with Gasteiger partial charge in [-0.25, -0.2) is 0 Å². The second kappa shape index (κ2) is 7.97. The summed E-state index contributed by atoms with van der Waals surface area (Å²) < 4.78 is 10.9. The van der Waals surface area contributed by atoms with Crippen molar-refractivity contribution in [1.82, 2.24) is 10.9 Å². The van der Waals surface area contributed by atoms with Gasteiger partial charge in [-0.2, -0.15) is 0 Å². The highest BCUT2D eigenvalue weighted by atomic mass is 16.6. The molecule has 1 fully saturated rings. The lowest BCUT2D eigenvalue weighted by atomic mass is 9.94. The smallest absolute Gasteiger partial charge is 0.306 e. The lowest BCUT2D eigenvalue weighted by molar-refractivity contribution is -0.158. The fourth-order valence-electron chi connectivity index (χ4n) is 2.17. The molecule has 0 aromatic carbocycles. The van der Waals surface area contributed by atoms with Gasteiger partial charge in [-0.1, -0.05) is 0 Å². The van der Waals surface area contributed by atoms with Gasteiger partial charge in [-0.05, 0) is 39.5 Å². The van der Waals surface area contributed by atoms with Crippen molar-refractivity contribution in [2.24, 2.45) is 5.92 Å². The molecule has 2 amide bonds. The van der Waals surface area contributed by atoms with Gasteiger partial charge < -0.3 is 9.47 Å². The molecule has 1 rings (SSSR count). The molecular formula is C14H24N2O5. The van der Waals surface area contributed by atoms with Gasteiger partial charge >= 0.3 is 5.97 Å². The molecule has 21 heavy (non-hydrogen) atoms. The second-order valence-electron chi connectivity index (χ2n) is 6.20. The third-order valence-electron chi connectivity index (χ3n) is 3.02. The van der Waals surface area contributed by atoms with E-state index in [0.717, 1.165) is 6.42 Å². The van der Waals surface area contributed by atoms with Gasteiger partial charge in [0.05, 0.1) is 25.6 Å². The summed E-state index contributed by atoms with van der Waals surface area (Å²) in [5, 5.41) is 0. The van der Waals surface area contributed by atoms with Crippen molar-refractivity contribution in [3.8, 4) is 0 Å². The third-order valence-corrected chi connectivity index (χ3v) is 3.02. The Morgan fingerprint density at radius 3 is 2.52 bits per heavy atom. The maximum absolute atomic E-state index is 11.7. The van der Waals surface area contributed by atoms with Gasteiger partial charge in [0.1, 0.15) is 5.60 Å². The fraction of sp³-hybridized carbons (Fsp3) is 0.786. The van der Waals surface area contributed by atoms with Crippen LogP contribution in [-0.2, 0) is 23.9 Å². The number of hydrogen-bond donors (Lipinski definition) is 2. The molecule has 1 aliphatic rings. The maximum atomic E-state index is 11.7. The van der Waals surface area contributed by atoms with E-state index in [-0.39, 0.29) is 30.3 Å². The average Bonchev–Trinajstić information content (AvgIpc) is 2.36. The van der Waals surface area contributed by atoms with E-state index in [2.05, 4.69) is 10.9 Å². The zero-order chi connectivity index (χ0) is 15.9. The van der Waals surface area contributed by atoms with E-state index in [0.29, 0.717) is 25.9 Å². The predicted molar refractivity (Wildman–Crippen MR) is 74.9 cm³/mol. The molecule has 0 radical (unpaired) electrons. The highest BCUT2D eigenvalue weighted by Gasteiger charge is 2.27. The average molecular weight is 300 g/mol. The molecule has 0 spiro atoms. The van der Waals surface area contributed by atoms with E-state index < -0.39 is 5.60 Å². The molecule has 1 heterocycles. The highest BCUT2D eigenvalue weighted by molar-refractivity contribution is 5.77. The molecule has 1 aliphatic heterocycles. The molecule has 2 atom stereocenters. The zero-order valence-electron chi connectivity index (χ0n) is 12.8. The number of esters is 1. The van der Waals surface area contributed by atoms with Gasteiger partial charge in [-0.3, -0.25) is 25.2 Å². The molecule has 0 bridgehead atoms. The summed E-state index contributed by atoms with van der Waals surface area (Å²) in [5.41, 5.74) is 3.86. The van der Waals surface area contributed by atoms with Gasteiger partial charge in [0, 0.05) is 0 Å². The standard InChI is InChI=1S/C14H24N2O5/c1-14(2,3)21-13(19)6-10-4-5-11(20-8-10)7-12(18)16-15-9-17/h9-11H,4-8H2,1-3H3,(H,15,17)(H,16,18)/t10-,11-/m0/s1. The number of amides is 2. The topological polar surface area (TPSA) is 93.7 Å². The molecule has 0 aromatic rings. The van der Waals surface area contributed by atoms with Gasteiger partial charge in [0.25, 0.3) is 0 Å². The summed E-state index contributed by atoms with van der Waals surface area (Å²) in [4.78, 5) is 33.2. The number of ether oxygens (including phenoxy) is 2. The number of carbonyl (C=O) groups excluding carboxylic acids is 3. The minimum absolute atomic E-state index is 0.132. The first kappa shape index (κ1) is 17.4. The molecule has 7 heteroatoms. The van der Waals surface area contributed by atoms with Crippen LogP contribution in [0.3, 0.4) is 0 Å². The van der Waals surface area contributed by atoms with Gasteiger partial charge in [0.15, 0.2) is 0 Å². The maximum Gasteiger partial charge on any atom is 0.306 e. The zero-order valence-corrected chi connectivity index (χ0v) is 12.8. The van der Waals surface area contributed by atoms with Crippen molar-refractivity contribution in [2.75, 3.05) is 6.61 Å². The fourth-order valence-corrected chi connectivity index (χ4v) is 2.17. The normalized spacial score (nSPS) is 22.2. The van der Waals surface area contributed by atoms with Crippen molar-refractivity contribution in [3.05, 3.63) is 0 Å². The molecule has 7 nitrogen and oxygen atoms in total. The van der Waals surface area contributed by atoms with Crippen LogP contribution in [0.4, 0.5) is 0 Å². The summed E-state index contributed by atoms with van der Waals surface area (Å²) in [7, 11) is 0. The summed E-state index contributed by atoms with van der Waals surface area (Å²) in [6, 6.07) is 0. The van der Waals surface area contributed by atoms with E-state index >= 15 is 0 Å². The van der Waals surface area contributed by atoms with E-state index in [1.807, 2.05) is 20.8 Å². The van der Waals surface area contributed by atoms with Crippen LogP contribution < -0.4 is 10.9 Å². The van der Waals surface area contributed by atoms with E-state index in [9.17, 15) is 14.4 Å². The Bertz CT molecular complexity index is 370. The van der Waals surface area contributed by atoms with Crippen molar-refractivity contribution < 1.29 is 23.9 Å². The minimum Gasteiger partial charge on any atom is -0.460 e. The molecule has 0 unspecified atom stereocenters. The number of carbonyl (C=O) groups is 3. The van der Waals surface area contributed by atoms with E-state index in [4.69, 9.17) is 9.47 Å². The Labute approximate surface area is 124 Å². The Kier molecular flexibility index (Phi) is 6.61. The van der Waals surface area contributed by atoms with Crippen LogP contribution in [0.2, 0.25) is 0 Å². The lowest BCUT2D eigenvalue weighted by Gasteiger charge is -2.29. The second-order valence-corrected chi connectivity index (χ2v) is 6.20. The van der Waals surface area contributed by atoms with E-state index in [1.165, 1.54) is 0 Å². The van der Waals surface area contributed by atoms with Crippen molar-refractivity contribution in [2.45, 2.75) is 58.2 Å². The molecule has 0 aliphatic carbocycles. The van der Waals surface area contributed by atoms with E-state index in [1.54, 1.807) is 0 Å². The first-order valence-corrected chi connectivity index (χ1v) is 7.11. The molecule has 2 N–H and O–H groups in total. The summed E-state index contributed by atoms with van der Waals surface area (Å²) in [5.74, 6) is -0.382. The van der Waals surface area contributed by atoms with Crippen molar-refractivity contribution in [3.63, 3.8) is 0 Å². The van der Waals surface area contributed by atoms with Crippen LogP contribution in [0.5, 0.6) is 0 Å². The number of rotatable bonds is 6. The van der Waals surface area contributed by atoms with Crippen LogP contribution >= 0.6 is 0 Å².